The van der Waals surface area contributed by atoms with E-state index in [1.165, 1.54) is 23.3 Å². The lowest BCUT2D eigenvalue weighted by Gasteiger charge is -2.28. The van der Waals surface area contributed by atoms with Crippen LogP contribution in [-0.2, 0) is 4.79 Å². The highest BCUT2D eigenvalue weighted by atomic mass is 32.1. The minimum atomic E-state index is -0.927. The van der Waals surface area contributed by atoms with Crippen molar-refractivity contribution in [1.29, 1.82) is 0 Å². The summed E-state index contributed by atoms with van der Waals surface area (Å²) in [4.78, 5) is 34.2. The van der Waals surface area contributed by atoms with E-state index in [1.807, 2.05) is 55.5 Å². The van der Waals surface area contributed by atoms with Crippen molar-refractivity contribution in [3.63, 3.8) is 0 Å². The highest BCUT2D eigenvalue weighted by molar-refractivity contribution is 7.17. The van der Waals surface area contributed by atoms with Gasteiger partial charge < -0.3 is 14.6 Å². The third kappa shape index (κ3) is 4.91. The first-order valence-electron chi connectivity index (χ1n) is 12.6. The fourth-order valence-electron chi connectivity index (χ4n) is 4.67. The molecule has 0 radical (unpaired) electrons. The number of carbonyl (C=O) groups excluding carboxylic acids is 2. The Morgan fingerprint density at radius 1 is 1.05 bits per heavy atom. The SMILES string of the molecule is CCCOc1cccc(N2C(=O)C(O)=C(C(=O)c3sc(-c4ccccc4)nc3C)C2c2ccccc2OC)c1. The van der Waals surface area contributed by atoms with E-state index in [4.69, 9.17) is 9.47 Å². The second-order valence-electron chi connectivity index (χ2n) is 9.06. The molecule has 1 unspecified atom stereocenters. The Hall–Kier alpha value is -4.43. The molecule has 39 heavy (non-hydrogen) atoms. The van der Waals surface area contributed by atoms with Gasteiger partial charge in [-0.05, 0) is 31.5 Å². The van der Waals surface area contributed by atoms with Gasteiger partial charge in [0.15, 0.2) is 5.76 Å². The van der Waals surface area contributed by atoms with Crippen molar-refractivity contribution in [3.05, 3.63) is 106 Å². The Labute approximate surface area is 231 Å². The number of amides is 1. The topological polar surface area (TPSA) is 89.0 Å². The Morgan fingerprint density at radius 2 is 1.79 bits per heavy atom. The van der Waals surface area contributed by atoms with E-state index >= 15 is 0 Å². The molecule has 0 saturated carbocycles. The number of methoxy groups -OCH3 is 1. The maximum absolute atomic E-state index is 14.1. The van der Waals surface area contributed by atoms with Gasteiger partial charge in [0.25, 0.3) is 5.91 Å². The number of aromatic nitrogens is 1. The summed E-state index contributed by atoms with van der Waals surface area (Å²) >= 11 is 1.24. The zero-order valence-electron chi connectivity index (χ0n) is 21.9. The number of rotatable bonds is 9. The first-order chi connectivity index (χ1) is 18.9. The van der Waals surface area contributed by atoms with Crippen LogP contribution in [0, 0.1) is 6.92 Å². The van der Waals surface area contributed by atoms with Gasteiger partial charge in [-0.15, -0.1) is 11.3 Å². The van der Waals surface area contributed by atoms with Crippen LogP contribution in [-0.4, -0.2) is 35.5 Å². The van der Waals surface area contributed by atoms with Crippen molar-refractivity contribution >= 4 is 28.7 Å². The number of ether oxygens (including phenoxy) is 2. The van der Waals surface area contributed by atoms with Crippen LogP contribution in [0.5, 0.6) is 11.5 Å². The van der Waals surface area contributed by atoms with Crippen LogP contribution in [0.3, 0.4) is 0 Å². The van der Waals surface area contributed by atoms with E-state index in [1.54, 1.807) is 37.3 Å². The van der Waals surface area contributed by atoms with Crippen LogP contribution < -0.4 is 14.4 Å². The number of ketones is 1. The van der Waals surface area contributed by atoms with E-state index in [9.17, 15) is 14.7 Å². The number of hydrogen-bond acceptors (Lipinski definition) is 7. The molecule has 0 spiro atoms. The molecule has 1 aliphatic heterocycles. The zero-order chi connectivity index (χ0) is 27.5. The number of para-hydroxylation sites is 1. The van der Waals surface area contributed by atoms with Gasteiger partial charge in [-0.25, -0.2) is 4.98 Å². The molecule has 1 aromatic heterocycles. The molecule has 3 aromatic carbocycles. The summed E-state index contributed by atoms with van der Waals surface area (Å²) in [5.41, 5.74) is 2.47. The number of carbonyl (C=O) groups is 2. The van der Waals surface area contributed by atoms with Crippen LogP contribution in [0.25, 0.3) is 10.6 Å². The third-order valence-electron chi connectivity index (χ3n) is 6.48. The van der Waals surface area contributed by atoms with E-state index in [0.29, 0.717) is 44.9 Å². The molecule has 1 aliphatic rings. The Morgan fingerprint density at radius 3 is 2.54 bits per heavy atom. The molecular weight excluding hydrogens is 512 g/mol. The predicted octanol–water partition coefficient (Wildman–Crippen LogP) is 6.70. The largest absolute Gasteiger partial charge is 0.503 e. The van der Waals surface area contributed by atoms with Crippen molar-refractivity contribution in [1.82, 2.24) is 4.98 Å². The van der Waals surface area contributed by atoms with Crippen LogP contribution in [0.1, 0.15) is 40.3 Å². The molecule has 1 N–H and O–H groups in total. The van der Waals surface area contributed by atoms with Crippen molar-refractivity contribution in [2.45, 2.75) is 26.3 Å². The number of hydrogen-bond donors (Lipinski definition) is 1. The number of thiazole rings is 1. The average molecular weight is 541 g/mol. The monoisotopic (exact) mass is 540 g/mol. The Kier molecular flexibility index (Phi) is 7.47. The fraction of sp³-hybridized carbons (Fsp3) is 0.194. The smallest absolute Gasteiger partial charge is 0.294 e. The summed E-state index contributed by atoms with van der Waals surface area (Å²) in [6, 6.07) is 22.9. The number of nitrogens with zero attached hydrogens (tertiary/aromatic N) is 2. The molecule has 1 amide bonds. The van der Waals surface area contributed by atoms with Gasteiger partial charge in [0.2, 0.25) is 5.78 Å². The Balaban J connectivity index is 1.63. The number of anilines is 1. The van der Waals surface area contributed by atoms with E-state index in [-0.39, 0.29) is 5.57 Å². The summed E-state index contributed by atoms with van der Waals surface area (Å²) in [5, 5.41) is 11.9. The van der Waals surface area contributed by atoms with Crippen LogP contribution >= 0.6 is 11.3 Å². The van der Waals surface area contributed by atoms with E-state index in [0.717, 1.165) is 12.0 Å². The van der Waals surface area contributed by atoms with Gasteiger partial charge in [0, 0.05) is 22.9 Å². The number of benzene rings is 3. The van der Waals surface area contributed by atoms with Gasteiger partial charge in [0.1, 0.15) is 16.5 Å². The third-order valence-corrected chi connectivity index (χ3v) is 7.68. The van der Waals surface area contributed by atoms with Crippen molar-refractivity contribution < 1.29 is 24.2 Å². The minimum absolute atomic E-state index is 0.0178. The van der Waals surface area contributed by atoms with E-state index < -0.39 is 23.5 Å². The molecule has 0 saturated heterocycles. The first-order valence-corrected chi connectivity index (χ1v) is 13.5. The molecule has 5 rings (SSSR count). The lowest BCUT2D eigenvalue weighted by atomic mass is 9.94. The molecule has 1 atom stereocenters. The molecule has 198 valence electrons. The average Bonchev–Trinajstić information content (AvgIpc) is 3.49. The first kappa shape index (κ1) is 26.2. The van der Waals surface area contributed by atoms with Gasteiger partial charge in [-0.3, -0.25) is 14.5 Å². The molecule has 2 heterocycles. The van der Waals surface area contributed by atoms with Gasteiger partial charge in [-0.1, -0.05) is 61.5 Å². The summed E-state index contributed by atoms with van der Waals surface area (Å²) in [6.45, 7) is 4.29. The second kappa shape index (κ2) is 11.1. The summed E-state index contributed by atoms with van der Waals surface area (Å²) in [5.74, 6) is -0.636. The second-order valence-corrected chi connectivity index (χ2v) is 10.1. The molecule has 0 bridgehead atoms. The van der Waals surface area contributed by atoms with Crippen molar-refractivity contribution in [2.75, 3.05) is 18.6 Å². The highest BCUT2D eigenvalue weighted by Crippen LogP contribution is 2.46. The lowest BCUT2D eigenvalue weighted by molar-refractivity contribution is -0.117. The van der Waals surface area contributed by atoms with Gasteiger partial charge in [0.05, 0.1) is 35.9 Å². The number of Topliss-reactive ketones (excluding diaryl/α,β-unsaturated/α-hetero) is 1. The molecule has 4 aromatic rings. The lowest BCUT2D eigenvalue weighted by Crippen LogP contribution is -2.31. The van der Waals surface area contributed by atoms with Crippen molar-refractivity contribution in [3.8, 4) is 22.1 Å². The number of aliphatic hydroxyl groups excluding tert-OH is 1. The fourth-order valence-corrected chi connectivity index (χ4v) is 5.69. The maximum atomic E-state index is 14.1. The number of aryl methyl sites for hydroxylation is 1. The maximum Gasteiger partial charge on any atom is 0.294 e. The summed E-state index contributed by atoms with van der Waals surface area (Å²) in [7, 11) is 1.53. The zero-order valence-corrected chi connectivity index (χ0v) is 22.7. The van der Waals surface area contributed by atoms with E-state index in [2.05, 4.69) is 4.98 Å². The number of aliphatic hydroxyl groups is 1. The molecule has 8 heteroatoms. The van der Waals surface area contributed by atoms with Crippen LogP contribution in [0.15, 0.2) is 90.2 Å². The highest BCUT2D eigenvalue weighted by Gasteiger charge is 2.46. The normalized spacial score (nSPS) is 15.1. The molecule has 7 nitrogen and oxygen atoms in total. The van der Waals surface area contributed by atoms with Gasteiger partial charge in [-0.2, -0.15) is 0 Å². The Bertz CT molecular complexity index is 1560. The molecule has 0 fully saturated rings. The van der Waals surface area contributed by atoms with Crippen LogP contribution in [0.2, 0.25) is 0 Å². The van der Waals surface area contributed by atoms with Gasteiger partial charge >= 0.3 is 0 Å². The summed E-state index contributed by atoms with van der Waals surface area (Å²) in [6.07, 6.45) is 0.830. The minimum Gasteiger partial charge on any atom is -0.503 e. The predicted molar refractivity (Wildman–Crippen MR) is 152 cm³/mol. The van der Waals surface area contributed by atoms with Crippen LogP contribution in [0.4, 0.5) is 5.69 Å². The molecule has 0 aliphatic carbocycles. The standard InChI is InChI=1S/C31H28N2O5S/c1-4-17-38-22-14-10-13-21(18-22)33-26(23-15-8-9-16-24(23)37-3)25(28(35)31(33)36)27(34)29-19(2)32-30(39-29)20-11-6-5-7-12-20/h5-16,18,26,35H,4,17H2,1-3H3. The van der Waals surface area contributed by atoms with Crippen molar-refractivity contribution in [2.24, 2.45) is 0 Å². The quantitative estimate of drug-likeness (QED) is 0.238. The molecular formula is C31H28N2O5S. The summed E-state index contributed by atoms with van der Waals surface area (Å²) < 4.78 is 11.4.